The van der Waals surface area contributed by atoms with Crippen molar-refractivity contribution >= 4 is 11.5 Å². The van der Waals surface area contributed by atoms with E-state index in [2.05, 4.69) is 15.4 Å². The number of pyridine rings is 1. The predicted octanol–water partition coefficient (Wildman–Crippen LogP) is 1.61. The van der Waals surface area contributed by atoms with Gasteiger partial charge in [-0.15, -0.1) is 0 Å². The van der Waals surface area contributed by atoms with E-state index in [1.54, 1.807) is 24.0 Å². The highest BCUT2D eigenvalue weighted by Crippen LogP contribution is 2.21. The third-order valence-corrected chi connectivity index (χ3v) is 2.39. The van der Waals surface area contributed by atoms with Crippen LogP contribution in [0.2, 0.25) is 0 Å². The Balaban J connectivity index is 2.02. The molecular weight excluding hydrogens is 234 g/mol. The lowest BCUT2D eigenvalue weighted by Gasteiger charge is -2.06. The molecule has 0 aliphatic carbocycles. The number of aromatic nitrogens is 3. The lowest BCUT2D eigenvalue weighted by atomic mass is 10.3. The highest BCUT2D eigenvalue weighted by molar-refractivity contribution is 5.56. The number of nitro groups is 1. The first kappa shape index (κ1) is 12.0. The molecule has 7 heteroatoms. The van der Waals surface area contributed by atoms with Gasteiger partial charge in [-0.1, -0.05) is 0 Å². The number of nitrogens with zero attached hydrogens (tertiary/aromatic N) is 4. The van der Waals surface area contributed by atoms with Crippen LogP contribution in [0.15, 0.2) is 30.7 Å². The Morgan fingerprint density at radius 1 is 1.56 bits per heavy atom. The predicted molar refractivity (Wildman–Crippen MR) is 66.3 cm³/mol. The van der Waals surface area contributed by atoms with Gasteiger partial charge in [0.2, 0.25) is 5.82 Å². The van der Waals surface area contributed by atoms with Crippen molar-refractivity contribution in [2.24, 2.45) is 0 Å². The highest BCUT2D eigenvalue weighted by atomic mass is 16.6. The fraction of sp³-hybridized carbons (Fsp3) is 0.273. The number of hydrogen-bond acceptors (Lipinski definition) is 5. The third kappa shape index (κ3) is 2.82. The average molecular weight is 247 g/mol. The fourth-order valence-corrected chi connectivity index (χ4v) is 1.55. The lowest BCUT2D eigenvalue weighted by molar-refractivity contribution is -0.384. The van der Waals surface area contributed by atoms with Crippen molar-refractivity contribution in [1.29, 1.82) is 0 Å². The molecule has 0 aliphatic rings. The van der Waals surface area contributed by atoms with E-state index in [1.807, 2.05) is 12.3 Å². The van der Waals surface area contributed by atoms with Crippen LogP contribution >= 0.6 is 0 Å². The summed E-state index contributed by atoms with van der Waals surface area (Å²) in [7, 11) is 0. The van der Waals surface area contributed by atoms with Gasteiger partial charge in [0, 0.05) is 31.2 Å². The maximum atomic E-state index is 10.9. The number of hydrogen-bond donors (Lipinski definition) is 1. The second kappa shape index (κ2) is 5.26. The smallest absolute Gasteiger partial charge is 0.311 e. The quantitative estimate of drug-likeness (QED) is 0.640. The summed E-state index contributed by atoms with van der Waals surface area (Å²) >= 11 is 0. The van der Waals surface area contributed by atoms with Crippen LogP contribution in [0, 0.1) is 17.0 Å². The molecule has 1 N–H and O–H groups in total. The molecule has 0 saturated heterocycles. The van der Waals surface area contributed by atoms with Gasteiger partial charge in [-0.25, -0.2) is 4.98 Å². The SMILES string of the molecule is Cc1cnc(NCCn2cccn2)c([N+](=O)[O-])c1. The Bertz CT molecular complexity index is 538. The number of anilines is 1. The maximum Gasteiger partial charge on any atom is 0.311 e. The van der Waals surface area contributed by atoms with E-state index in [-0.39, 0.29) is 11.5 Å². The van der Waals surface area contributed by atoms with Crippen molar-refractivity contribution in [3.63, 3.8) is 0 Å². The second-order valence-electron chi connectivity index (χ2n) is 3.83. The minimum Gasteiger partial charge on any atom is -0.362 e. The van der Waals surface area contributed by atoms with Crippen molar-refractivity contribution in [3.8, 4) is 0 Å². The second-order valence-corrected chi connectivity index (χ2v) is 3.83. The summed E-state index contributed by atoms with van der Waals surface area (Å²) in [6.07, 6.45) is 5.12. The monoisotopic (exact) mass is 247 g/mol. The first-order valence-electron chi connectivity index (χ1n) is 5.49. The molecule has 7 nitrogen and oxygen atoms in total. The maximum absolute atomic E-state index is 10.9. The largest absolute Gasteiger partial charge is 0.362 e. The van der Waals surface area contributed by atoms with Gasteiger partial charge in [0.15, 0.2) is 0 Å². The van der Waals surface area contributed by atoms with Gasteiger partial charge in [-0.05, 0) is 18.6 Å². The Morgan fingerprint density at radius 2 is 2.39 bits per heavy atom. The highest BCUT2D eigenvalue weighted by Gasteiger charge is 2.14. The third-order valence-electron chi connectivity index (χ3n) is 2.39. The summed E-state index contributed by atoms with van der Waals surface area (Å²) in [5.41, 5.74) is 0.759. The average Bonchev–Trinajstić information content (AvgIpc) is 2.84. The molecule has 2 aromatic rings. The zero-order valence-corrected chi connectivity index (χ0v) is 9.91. The molecule has 0 bridgehead atoms. The van der Waals surface area contributed by atoms with Crippen LogP contribution in [-0.2, 0) is 6.54 Å². The summed E-state index contributed by atoms with van der Waals surface area (Å²) in [6.45, 7) is 2.92. The molecule has 0 aromatic carbocycles. The van der Waals surface area contributed by atoms with Gasteiger partial charge in [0.25, 0.3) is 0 Å². The van der Waals surface area contributed by atoms with Gasteiger partial charge in [-0.3, -0.25) is 14.8 Å². The summed E-state index contributed by atoms with van der Waals surface area (Å²) in [5, 5.41) is 17.9. The molecule has 0 aliphatic heterocycles. The Labute approximate surface area is 104 Å². The molecule has 2 rings (SSSR count). The van der Waals surface area contributed by atoms with E-state index in [0.29, 0.717) is 13.1 Å². The van der Waals surface area contributed by atoms with Crippen LogP contribution < -0.4 is 5.32 Å². The Morgan fingerprint density at radius 3 is 3.06 bits per heavy atom. The van der Waals surface area contributed by atoms with Crippen molar-refractivity contribution in [2.45, 2.75) is 13.5 Å². The van der Waals surface area contributed by atoms with E-state index in [1.165, 1.54) is 6.07 Å². The number of aryl methyl sites for hydroxylation is 1. The van der Waals surface area contributed by atoms with Gasteiger partial charge < -0.3 is 5.32 Å². The zero-order chi connectivity index (χ0) is 13.0. The standard InChI is InChI=1S/C11H13N5O2/c1-9-7-10(16(17)18)11(13-8-9)12-4-6-15-5-2-3-14-15/h2-3,5,7-8H,4,6H2,1H3,(H,12,13). The molecule has 0 spiro atoms. The molecule has 0 saturated carbocycles. The van der Waals surface area contributed by atoms with Crippen molar-refractivity contribution in [2.75, 3.05) is 11.9 Å². The van der Waals surface area contributed by atoms with Crippen molar-refractivity contribution in [1.82, 2.24) is 14.8 Å². The van der Waals surface area contributed by atoms with Gasteiger partial charge in [0.05, 0.1) is 11.5 Å². The topological polar surface area (TPSA) is 85.9 Å². The van der Waals surface area contributed by atoms with E-state index in [0.717, 1.165) is 5.56 Å². The van der Waals surface area contributed by atoms with Crippen LogP contribution in [0.1, 0.15) is 5.56 Å². The lowest BCUT2D eigenvalue weighted by Crippen LogP contribution is -2.12. The van der Waals surface area contributed by atoms with Gasteiger partial charge in [0.1, 0.15) is 0 Å². The van der Waals surface area contributed by atoms with Crippen molar-refractivity contribution in [3.05, 3.63) is 46.4 Å². The molecule has 0 radical (unpaired) electrons. The van der Waals surface area contributed by atoms with E-state index >= 15 is 0 Å². The Kier molecular flexibility index (Phi) is 3.52. The minimum atomic E-state index is -0.434. The molecule has 2 heterocycles. The van der Waals surface area contributed by atoms with E-state index in [9.17, 15) is 10.1 Å². The first-order valence-corrected chi connectivity index (χ1v) is 5.49. The fourth-order valence-electron chi connectivity index (χ4n) is 1.55. The van der Waals surface area contributed by atoms with Gasteiger partial charge in [-0.2, -0.15) is 5.10 Å². The molecule has 0 fully saturated rings. The van der Waals surface area contributed by atoms with E-state index in [4.69, 9.17) is 0 Å². The molecule has 2 aromatic heterocycles. The van der Waals surface area contributed by atoms with Crippen molar-refractivity contribution < 1.29 is 4.92 Å². The van der Waals surface area contributed by atoms with Crippen LogP contribution in [0.4, 0.5) is 11.5 Å². The molecule has 18 heavy (non-hydrogen) atoms. The van der Waals surface area contributed by atoms with Gasteiger partial charge >= 0.3 is 5.69 Å². The molecule has 0 amide bonds. The minimum absolute atomic E-state index is 0.00420. The number of nitrogens with one attached hydrogen (secondary N) is 1. The summed E-state index contributed by atoms with van der Waals surface area (Å²) in [4.78, 5) is 14.5. The normalized spacial score (nSPS) is 10.3. The van der Waals surface area contributed by atoms with Crippen LogP contribution in [0.25, 0.3) is 0 Å². The molecule has 94 valence electrons. The molecule has 0 atom stereocenters. The summed E-state index contributed by atoms with van der Waals surface area (Å²) in [6, 6.07) is 3.33. The Hall–Kier alpha value is -2.44. The van der Waals surface area contributed by atoms with Crippen LogP contribution in [0.5, 0.6) is 0 Å². The van der Waals surface area contributed by atoms with E-state index < -0.39 is 4.92 Å². The first-order chi connectivity index (χ1) is 8.66. The number of rotatable bonds is 5. The molecule has 0 unspecified atom stereocenters. The summed E-state index contributed by atoms with van der Waals surface area (Å²) < 4.78 is 1.74. The summed E-state index contributed by atoms with van der Waals surface area (Å²) in [5.74, 6) is 0.290. The zero-order valence-electron chi connectivity index (χ0n) is 9.91. The molecular formula is C11H13N5O2. The van der Waals surface area contributed by atoms with Crippen LogP contribution in [-0.4, -0.2) is 26.2 Å². The van der Waals surface area contributed by atoms with Crippen LogP contribution in [0.3, 0.4) is 0 Å².